The highest BCUT2D eigenvalue weighted by atomic mass is 16.5. The fourth-order valence-corrected chi connectivity index (χ4v) is 1.61. The number of nitrogens with one attached hydrogen (secondary N) is 1. The van der Waals surface area contributed by atoms with Crippen molar-refractivity contribution >= 4 is 0 Å². The Kier molecular flexibility index (Phi) is 2.86. The molecule has 1 saturated heterocycles. The molecule has 1 aromatic heterocycles. The van der Waals surface area contributed by atoms with Crippen molar-refractivity contribution in [3.63, 3.8) is 0 Å². The quantitative estimate of drug-likeness (QED) is 0.519. The molecule has 0 radical (unpaired) electrons. The standard InChI is InChI=1S/C8H11N3O5/c12-3-4-1-5(13)7(16-4)11-8(15)10-6(14)2-9-11/h2,4-5,7,12-13H,1,3H2,(H,10,14,15)/t4-,5+,7+/m0/s1. The van der Waals surface area contributed by atoms with Gasteiger partial charge in [0.25, 0.3) is 5.56 Å². The summed E-state index contributed by atoms with van der Waals surface area (Å²) in [7, 11) is 0. The van der Waals surface area contributed by atoms with Crippen molar-refractivity contribution < 1.29 is 14.9 Å². The van der Waals surface area contributed by atoms with Gasteiger partial charge in [-0.15, -0.1) is 0 Å². The van der Waals surface area contributed by atoms with E-state index in [0.717, 1.165) is 10.9 Å². The van der Waals surface area contributed by atoms with Gasteiger partial charge in [-0.2, -0.15) is 9.78 Å². The maximum atomic E-state index is 11.4. The molecule has 1 aliphatic rings. The number of aromatic nitrogens is 3. The Labute approximate surface area is 89.1 Å². The van der Waals surface area contributed by atoms with Crippen molar-refractivity contribution in [2.24, 2.45) is 0 Å². The Morgan fingerprint density at radius 3 is 2.94 bits per heavy atom. The molecule has 1 fully saturated rings. The summed E-state index contributed by atoms with van der Waals surface area (Å²) >= 11 is 0. The topological polar surface area (TPSA) is 117 Å². The molecule has 8 nitrogen and oxygen atoms in total. The second-order valence-electron chi connectivity index (χ2n) is 3.52. The van der Waals surface area contributed by atoms with Gasteiger partial charge in [-0.3, -0.25) is 9.78 Å². The molecule has 0 amide bonds. The van der Waals surface area contributed by atoms with Crippen LogP contribution in [0.1, 0.15) is 12.6 Å². The Bertz CT molecular complexity index is 481. The average molecular weight is 229 g/mol. The maximum Gasteiger partial charge on any atom is 0.347 e. The number of nitrogens with zero attached hydrogens (tertiary/aromatic N) is 2. The first-order valence-corrected chi connectivity index (χ1v) is 4.74. The van der Waals surface area contributed by atoms with E-state index in [1.807, 2.05) is 4.98 Å². The molecule has 0 aromatic carbocycles. The third kappa shape index (κ3) is 1.90. The van der Waals surface area contributed by atoms with Crippen LogP contribution < -0.4 is 11.2 Å². The van der Waals surface area contributed by atoms with E-state index in [4.69, 9.17) is 9.84 Å². The zero-order valence-corrected chi connectivity index (χ0v) is 8.24. The summed E-state index contributed by atoms with van der Waals surface area (Å²) in [6.45, 7) is -0.244. The van der Waals surface area contributed by atoms with Crippen LogP contribution in [0, 0.1) is 0 Å². The summed E-state index contributed by atoms with van der Waals surface area (Å²) in [5, 5.41) is 22.0. The third-order valence-electron chi connectivity index (χ3n) is 2.35. The Balaban J connectivity index is 2.31. The summed E-state index contributed by atoms with van der Waals surface area (Å²) in [4.78, 5) is 24.1. The number of ether oxygens (including phenoxy) is 1. The highest BCUT2D eigenvalue weighted by Gasteiger charge is 2.36. The molecule has 2 rings (SSSR count). The van der Waals surface area contributed by atoms with E-state index in [2.05, 4.69) is 5.10 Å². The number of hydrogen-bond donors (Lipinski definition) is 3. The van der Waals surface area contributed by atoms with Crippen LogP contribution in [0.25, 0.3) is 0 Å². The van der Waals surface area contributed by atoms with Crippen LogP contribution in [0.3, 0.4) is 0 Å². The van der Waals surface area contributed by atoms with Crippen molar-refractivity contribution in [2.75, 3.05) is 6.61 Å². The fourth-order valence-electron chi connectivity index (χ4n) is 1.61. The number of H-pyrrole nitrogens is 1. The molecule has 0 bridgehead atoms. The highest BCUT2D eigenvalue weighted by molar-refractivity contribution is 4.81. The van der Waals surface area contributed by atoms with Gasteiger partial charge in [0.2, 0.25) is 0 Å². The van der Waals surface area contributed by atoms with Crippen LogP contribution in [-0.2, 0) is 4.74 Å². The molecular weight excluding hydrogens is 218 g/mol. The summed E-state index contributed by atoms with van der Waals surface area (Å²) in [6, 6.07) is 0. The molecule has 16 heavy (non-hydrogen) atoms. The van der Waals surface area contributed by atoms with Crippen LogP contribution in [0.5, 0.6) is 0 Å². The van der Waals surface area contributed by atoms with E-state index >= 15 is 0 Å². The van der Waals surface area contributed by atoms with Gasteiger partial charge in [0, 0.05) is 6.42 Å². The minimum atomic E-state index is -0.971. The predicted molar refractivity (Wildman–Crippen MR) is 50.7 cm³/mol. The fraction of sp³-hybridized carbons (Fsp3) is 0.625. The number of aromatic amines is 1. The molecule has 0 unspecified atom stereocenters. The van der Waals surface area contributed by atoms with E-state index in [1.165, 1.54) is 0 Å². The lowest BCUT2D eigenvalue weighted by Crippen LogP contribution is -2.37. The van der Waals surface area contributed by atoms with E-state index in [0.29, 0.717) is 0 Å². The lowest BCUT2D eigenvalue weighted by Gasteiger charge is -2.14. The molecule has 0 spiro atoms. The smallest absolute Gasteiger partial charge is 0.347 e. The van der Waals surface area contributed by atoms with Crippen molar-refractivity contribution in [3.05, 3.63) is 27.0 Å². The summed E-state index contributed by atoms with van der Waals surface area (Å²) in [5.41, 5.74) is -1.37. The van der Waals surface area contributed by atoms with Gasteiger partial charge >= 0.3 is 5.69 Å². The first kappa shape index (κ1) is 11.0. The van der Waals surface area contributed by atoms with Gasteiger partial charge < -0.3 is 14.9 Å². The molecule has 88 valence electrons. The van der Waals surface area contributed by atoms with Gasteiger partial charge in [-0.05, 0) is 0 Å². The third-order valence-corrected chi connectivity index (χ3v) is 2.35. The van der Waals surface area contributed by atoms with E-state index in [-0.39, 0.29) is 13.0 Å². The Hall–Kier alpha value is -1.51. The summed E-state index contributed by atoms with van der Waals surface area (Å²) < 4.78 is 6.06. The van der Waals surface area contributed by atoms with Crippen molar-refractivity contribution in [2.45, 2.75) is 24.9 Å². The zero-order valence-electron chi connectivity index (χ0n) is 8.24. The molecule has 3 atom stereocenters. The lowest BCUT2D eigenvalue weighted by atomic mass is 10.2. The minimum Gasteiger partial charge on any atom is -0.394 e. The maximum absolute atomic E-state index is 11.4. The summed E-state index contributed by atoms with van der Waals surface area (Å²) in [6.07, 6.45) is -1.30. The Morgan fingerprint density at radius 1 is 1.62 bits per heavy atom. The van der Waals surface area contributed by atoms with Gasteiger partial charge in [-0.1, -0.05) is 0 Å². The number of aliphatic hydroxyl groups excluding tert-OH is 2. The molecular formula is C8H11N3O5. The second kappa shape index (κ2) is 4.16. The number of aliphatic hydroxyl groups is 2. The zero-order chi connectivity index (χ0) is 11.7. The number of hydrogen-bond acceptors (Lipinski definition) is 6. The van der Waals surface area contributed by atoms with Crippen molar-refractivity contribution in [3.8, 4) is 0 Å². The van der Waals surface area contributed by atoms with E-state index in [1.54, 1.807) is 0 Å². The van der Waals surface area contributed by atoms with Crippen LogP contribution in [0.2, 0.25) is 0 Å². The molecule has 1 aliphatic heterocycles. The van der Waals surface area contributed by atoms with Gasteiger partial charge in [0.05, 0.1) is 12.7 Å². The second-order valence-corrected chi connectivity index (χ2v) is 3.52. The van der Waals surface area contributed by atoms with Crippen LogP contribution in [0.15, 0.2) is 15.8 Å². The lowest BCUT2D eigenvalue weighted by molar-refractivity contribution is -0.0604. The van der Waals surface area contributed by atoms with Crippen LogP contribution >= 0.6 is 0 Å². The monoisotopic (exact) mass is 229 g/mol. The minimum absolute atomic E-state index is 0.217. The first-order valence-electron chi connectivity index (χ1n) is 4.74. The SMILES string of the molecule is O=c1cnn([C@@H]2O[C@H](CO)C[C@H]2O)c(=O)[nH]1. The Morgan fingerprint density at radius 2 is 2.38 bits per heavy atom. The van der Waals surface area contributed by atoms with Gasteiger partial charge in [-0.25, -0.2) is 4.79 Å². The first-order chi connectivity index (χ1) is 7.61. The highest BCUT2D eigenvalue weighted by Crippen LogP contribution is 2.26. The molecule has 2 heterocycles. The molecule has 1 aromatic rings. The van der Waals surface area contributed by atoms with E-state index in [9.17, 15) is 14.7 Å². The number of rotatable bonds is 2. The average Bonchev–Trinajstić information content (AvgIpc) is 2.60. The van der Waals surface area contributed by atoms with Crippen LogP contribution in [0.4, 0.5) is 0 Å². The van der Waals surface area contributed by atoms with Crippen molar-refractivity contribution in [1.82, 2.24) is 14.8 Å². The molecule has 0 saturated carbocycles. The molecule has 8 heteroatoms. The van der Waals surface area contributed by atoms with E-state index < -0.39 is 29.7 Å². The normalized spacial score (nSPS) is 29.5. The van der Waals surface area contributed by atoms with Gasteiger partial charge in [0.1, 0.15) is 12.3 Å². The predicted octanol–water partition coefficient (Wildman–Crippen LogP) is -2.43. The largest absolute Gasteiger partial charge is 0.394 e. The van der Waals surface area contributed by atoms with Crippen LogP contribution in [-0.4, -0.2) is 43.8 Å². The van der Waals surface area contributed by atoms with Crippen molar-refractivity contribution in [1.29, 1.82) is 0 Å². The molecule has 3 N–H and O–H groups in total. The summed E-state index contributed by atoms with van der Waals surface area (Å²) in [5.74, 6) is 0. The molecule has 0 aliphatic carbocycles. The van der Waals surface area contributed by atoms with Gasteiger partial charge in [0.15, 0.2) is 6.23 Å².